The Morgan fingerprint density at radius 1 is 0.857 bits per heavy atom. The van der Waals surface area contributed by atoms with Gasteiger partial charge in [-0.1, -0.05) is 48.5 Å². The number of hydrogen-bond donors (Lipinski definition) is 0. The highest BCUT2D eigenvalue weighted by atomic mass is 16.5. The molecule has 5 rings (SSSR count). The number of esters is 1. The number of hydrogen-bond acceptors (Lipinski definition) is 4. The highest BCUT2D eigenvalue weighted by molar-refractivity contribution is 5.84. The molecule has 184 valence electrons. The van der Waals surface area contributed by atoms with E-state index in [2.05, 4.69) is 71.6 Å². The van der Waals surface area contributed by atoms with Crippen LogP contribution >= 0.6 is 0 Å². The number of fused-ring (bicyclic) bond motifs is 1. The zero-order valence-electron chi connectivity index (χ0n) is 20.8. The number of carbonyl (C=O) groups is 1. The van der Waals surface area contributed by atoms with Crippen molar-refractivity contribution in [1.29, 1.82) is 0 Å². The quantitative estimate of drug-likeness (QED) is 0.359. The maximum atomic E-state index is 12.0. The molecule has 1 aliphatic heterocycles. The maximum absolute atomic E-state index is 12.0. The summed E-state index contributed by atoms with van der Waals surface area (Å²) in [7, 11) is 0. The summed E-state index contributed by atoms with van der Waals surface area (Å²) in [6.07, 6.45) is 6.71. The highest BCUT2D eigenvalue weighted by Gasteiger charge is 2.26. The summed E-state index contributed by atoms with van der Waals surface area (Å²) in [5.41, 5.74) is 2.79. The molecule has 35 heavy (non-hydrogen) atoms. The van der Waals surface area contributed by atoms with Crippen molar-refractivity contribution in [3.05, 3.63) is 77.9 Å². The summed E-state index contributed by atoms with van der Waals surface area (Å²) in [6, 6.07) is 24.1. The van der Waals surface area contributed by atoms with Crippen LogP contribution in [0.2, 0.25) is 0 Å². The second kappa shape index (κ2) is 11.3. The third-order valence-corrected chi connectivity index (χ3v) is 7.74. The first-order chi connectivity index (χ1) is 17.2. The van der Waals surface area contributed by atoms with E-state index in [-0.39, 0.29) is 11.9 Å². The Labute approximate surface area is 209 Å². The summed E-state index contributed by atoms with van der Waals surface area (Å²) >= 11 is 0. The summed E-state index contributed by atoms with van der Waals surface area (Å²) in [5.74, 6) is 1.69. The normalized spacial score (nSPS) is 21.6. The lowest BCUT2D eigenvalue weighted by molar-refractivity contribution is -0.149. The van der Waals surface area contributed by atoms with Crippen LogP contribution in [0.1, 0.15) is 62.5 Å². The minimum atomic E-state index is -0.0277. The molecule has 0 N–H and O–H groups in total. The monoisotopic (exact) mass is 471 g/mol. The molecule has 0 bridgehead atoms. The van der Waals surface area contributed by atoms with E-state index in [9.17, 15) is 4.79 Å². The van der Waals surface area contributed by atoms with Gasteiger partial charge in [0.2, 0.25) is 0 Å². The number of likely N-dealkylation sites (tertiary alicyclic amines) is 1. The van der Waals surface area contributed by atoms with Crippen molar-refractivity contribution in [2.75, 3.05) is 19.7 Å². The van der Waals surface area contributed by atoms with Crippen molar-refractivity contribution in [1.82, 2.24) is 4.90 Å². The van der Waals surface area contributed by atoms with Crippen LogP contribution in [0.4, 0.5) is 0 Å². The van der Waals surface area contributed by atoms with Crippen molar-refractivity contribution in [2.24, 2.45) is 5.92 Å². The van der Waals surface area contributed by atoms with Gasteiger partial charge in [0.15, 0.2) is 0 Å². The van der Waals surface area contributed by atoms with E-state index in [1.165, 1.54) is 34.7 Å². The smallest absolute Gasteiger partial charge is 0.309 e. The molecular formula is C31H37NO3. The van der Waals surface area contributed by atoms with E-state index in [0.29, 0.717) is 18.6 Å². The topological polar surface area (TPSA) is 38.8 Å². The molecule has 0 spiro atoms. The van der Waals surface area contributed by atoms with E-state index in [0.717, 1.165) is 51.1 Å². The first kappa shape index (κ1) is 23.9. The molecule has 0 aromatic heterocycles. The lowest BCUT2D eigenvalue weighted by atomic mass is 9.83. The second-order valence-corrected chi connectivity index (χ2v) is 10.1. The van der Waals surface area contributed by atoms with Gasteiger partial charge in [-0.15, -0.1) is 0 Å². The van der Waals surface area contributed by atoms with Gasteiger partial charge in [0, 0.05) is 6.54 Å². The van der Waals surface area contributed by atoms with Crippen LogP contribution in [0.15, 0.2) is 66.7 Å². The number of nitrogens with zero attached hydrogens (tertiary/aromatic N) is 1. The van der Waals surface area contributed by atoms with Crippen molar-refractivity contribution in [3.63, 3.8) is 0 Å². The van der Waals surface area contributed by atoms with E-state index >= 15 is 0 Å². The van der Waals surface area contributed by atoms with E-state index in [4.69, 9.17) is 9.47 Å². The Morgan fingerprint density at radius 2 is 1.57 bits per heavy atom. The zero-order valence-corrected chi connectivity index (χ0v) is 20.8. The minimum absolute atomic E-state index is 0.0277. The Bertz CT molecular complexity index is 1110. The van der Waals surface area contributed by atoms with Crippen molar-refractivity contribution in [3.8, 4) is 5.75 Å². The molecule has 3 aromatic rings. The number of benzene rings is 3. The fraction of sp³-hybridized carbons (Fsp3) is 0.452. The average molecular weight is 472 g/mol. The zero-order chi connectivity index (χ0) is 24.0. The van der Waals surface area contributed by atoms with Gasteiger partial charge < -0.3 is 9.47 Å². The van der Waals surface area contributed by atoms with Gasteiger partial charge in [-0.2, -0.15) is 0 Å². The van der Waals surface area contributed by atoms with Crippen LogP contribution in [0.5, 0.6) is 5.75 Å². The summed E-state index contributed by atoms with van der Waals surface area (Å²) in [6.45, 7) is 5.16. The van der Waals surface area contributed by atoms with Gasteiger partial charge in [-0.05, 0) is 105 Å². The molecule has 0 atom stereocenters. The summed E-state index contributed by atoms with van der Waals surface area (Å²) in [5, 5.41) is 2.48. The van der Waals surface area contributed by atoms with E-state index in [1.807, 2.05) is 6.92 Å². The number of rotatable bonds is 7. The predicted molar refractivity (Wildman–Crippen MR) is 141 cm³/mol. The van der Waals surface area contributed by atoms with Crippen molar-refractivity contribution in [2.45, 2.75) is 64.0 Å². The molecular weight excluding hydrogens is 434 g/mol. The summed E-state index contributed by atoms with van der Waals surface area (Å²) in [4.78, 5) is 14.4. The molecule has 0 radical (unpaired) electrons. The number of carbonyl (C=O) groups excluding carboxylic acids is 1. The van der Waals surface area contributed by atoms with Crippen molar-refractivity contribution < 1.29 is 14.3 Å². The fourth-order valence-electron chi connectivity index (χ4n) is 5.72. The van der Waals surface area contributed by atoms with Crippen LogP contribution in [0.25, 0.3) is 10.8 Å². The standard InChI is InChI=1S/C31H37NO3/c1-2-34-31(33)26-16-18-32(19-17-26)22-23-8-9-28-21-30(15-12-27(28)20-23)35-29-13-10-25(11-14-29)24-6-4-3-5-7-24/h3-9,12,15,20-21,25-26,29H,2,10-11,13-14,16-19,22H2,1H3. The van der Waals surface area contributed by atoms with Crippen LogP contribution in [0, 0.1) is 5.92 Å². The molecule has 4 heteroatoms. The van der Waals surface area contributed by atoms with Gasteiger partial charge in [0.25, 0.3) is 0 Å². The number of ether oxygens (including phenoxy) is 2. The van der Waals surface area contributed by atoms with Crippen LogP contribution in [-0.4, -0.2) is 36.7 Å². The number of piperidine rings is 1. The van der Waals surface area contributed by atoms with E-state index in [1.54, 1.807) is 0 Å². The van der Waals surface area contributed by atoms with Gasteiger partial charge in [-0.25, -0.2) is 0 Å². The van der Waals surface area contributed by atoms with Crippen molar-refractivity contribution >= 4 is 16.7 Å². The predicted octanol–water partition coefficient (Wildman–Crippen LogP) is 6.72. The van der Waals surface area contributed by atoms with Crippen LogP contribution < -0.4 is 4.74 Å². The second-order valence-electron chi connectivity index (χ2n) is 10.1. The van der Waals surface area contributed by atoms with Gasteiger partial charge >= 0.3 is 5.97 Å². The molecule has 0 amide bonds. The summed E-state index contributed by atoms with van der Waals surface area (Å²) < 4.78 is 11.6. The van der Waals surface area contributed by atoms with Crippen LogP contribution in [0.3, 0.4) is 0 Å². The fourth-order valence-corrected chi connectivity index (χ4v) is 5.72. The maximum Gasteiger partial charge on any atom is 0.309 e. The van der Waals surface area contributed by atoms with Gasteiger partial charge in [-0.3, -0.25) is 9.69 Å². The molecule has 0 unspecified atom stereocenters. The third-order valence-electron chi connectivity index (χ3n) is 7.74. The molecule has 1 heterocycles. The highest BCUT2D eigenvalue weighted by Crippen LogP contribution is 2.35. The Morgan fingerprint density at radius 3 is 2.31 bits per heavy atom. The molecule has 2 aliphatic rings. The van der Waals surface area contributed by atoms with Gasteiger partial charge in [0.05, 0.1) is 18.6 Å². The van der Waals surface area contributed by atoms with Crippen LogP contribution in [-0.2, 0) is 16.1 Å². The minimum Gasteiger partial charge on any atom is -0.490 e. The Kier molecular flexibility index (Phi) is 7.68. The lowest BCUT2D eigenvalue weighted by Gasteiger charge is -2.30. The lowest BCUT2D eigenvalue weighted by Crippen LogP contribution is -2.36. The first-order valence-corrected chi connectivity index (χ1v) is 13.3. The Balaban J connectivity index is 1.14. The molecule has 1 saturated carbocycles. The molecule has 3 aromatic carbocycles. The molecule has 4 nitrogen and oxygen atoms in total. The third kappa shape index (κ3) is 6.05. The average Bonchev–Trinajstić information content (AvgIpc) is 2.90. The Hall–Kier alpha value is -2.85. The molecule has 1 saturated heterocycles. The first-order valence-electron chi connectivity index (χ1n) is 13.3. The van der Waals surface area contributed by atoms with E-state index < -0.39 is 0 Å². The molecule has 2 fully saturated rings. The molecule has 1 aliphatic carbocycles. The SMILES string of the molecule is CCOC(=O)C1CCN(Cc2ccc3cc(OC4CCC(c5ccccc5)CC4)ccc3c2)CC1. The van der Waals surface area contributed by atoms with Gasteiger partial charge in [0.1, 0.15) is 5.75 Å². The largest absolute Gasteiger partial charge is 0.490 e.